The van der Waals surface area contributed by atoms with Gasteiger partial charge in [-0.05, 0) is 58.7 Å². The Morgan fingerprint density at radius 1 is 1.06 bits per heavy atom. The number of carbonyl (C=O) groups is 2. The molecule has 3 rings (SSSR count). The van der Waals surface area contributed by atoms with Crippen LogP contribution in [0.3, 0.4) is 0 Å². The SMILES string of the molecule is COc1cc(C=NNC(=O)CCC(=O)Nc2ccc(C)cc2)cc(Br)c1OCc1ccccc1Cl. The molecule has 0 aliphatic rings. The van der Waals surface area contributed by atoms with Crippen LogP contribution in [0.15, 0.2) is 70.2 Å². The summed E-state index contributed by atoms with van der Waals surface area (Å²) in [5.74, 6) is 0.403. The van der Waals surface area contributed by atoms with Gasteiger partial charge < -0.3 is 14.8 Å². The van der Waals surface area contributed by atoms with Crippen molar-refractivity contribution in [2.24, 2.45) is 5.10 Å². The molecule has 0 spiro atoms. The second-order valence-corrected chi connectivity index (χ2v) is 8.88. The summed E-state index contributed by atoms with van der Waals surface area (Å²) >= 11 is 9.69. The van der Waals surface area contributed by atoms with Gasteiger partial charge in [-0.1, -0.05) is 47.5 Å². The largest absolute Gasteiger partial charge is 0.493 e. The highest BCUT2D eigenvalue weighted by Gasteiger charge is 2.13. The summed E-state index contributed by atoms with van der Waals surface area (Å²) in [6.07, 6.45) is 1.54. The molecule has 2 amide bonds. The Hall–Kier alpha value is -3.36. The summed E-state index contributed by atoms with van der Waals surface area (Å²) in [6, 6.07) is 18.4. The summed E-state index contributed by atoms with van der Waals surface area (Å²) in [6.45, 7) is 2.24. The van der Waals surface area contributed by atoms with Gasteiger partial charge in [-0.15, -0.1) is 0 Å². The van der Waals surface area contributed by atoms with Gasteiger partial charge >= 0.3 is 0 Å². The molecule has 0 saturated heterocycles. The molecule has 2 N–H and O–H groups in total. The highest BCUT2D eigenvalue weighted by molar-refractivity contribution is 9.10. The molecule has 35 heavy (non-hydrogen) atoms. The summed E-state index contributed by atoms with van der Waals surface area (Å²) in [5.41, 5.74) is 5.75. The molecule has 0 aliphatic carbocycles. The molecule has 0 atom stereocenters. The van der Waals surface area contributed by atoms with Crippen molar-refractivity contribution >= 4 is 51.2 Å². The maximum atomic E-state index is 12.1. The third-order valence-electron chi connectivity index (χ3n) is 4.90. The molecule has 0 aromatic heterocycles. The van der Waals surface area contributed by atoms with E-state index in [0.717, 1.165) is 11.1 Å². The van der Waals surface area contributed by atoms with Crippen LogP contribution in [0.25, 0.3) is 0 Å². The van der Waals surface area contributed by atoms with E-state index in [1.165, 1.54) is 13.3 Å². The number of rotatable bonds is 10. The van der Waals surface area contributed by atoms with E-state index in [1.807, 2.05) is 49.4 Å². The molecule has 3 aromatic carbocycles. The fraction of sp³-hybridized carbons (Fsp3) is 0.192. The predicted octanol–water partition coefficient (Wildman–Crippen LogP) is 5.87. The first-order chi connectivity index (χ1) is 16.9. The number of hydrogen-bond acceptors (Lipinski definition) is 5. The number of amides is 2. The van der Waals surface area contributed by atoms with Crippen LogP contribution in [0.1, 0.15) is 29.5 Å². The molecule has 0 aliphatic heterocycles. The number of carbonyl (C=O) groups excluding carboxylic acids is 2. The van der Waals surface area contributed by atoms with Gasteiger partial charge in [-0.25, -0.2) is 5.43 Å². The lowest BCUT2D eigenvalue weighted by molar-refractivity contribution is -0.124. The van der Waals surface area contributed by atoms with E-state index >= 15 is 0 Å². The zero-order valence-electron chi connectivity index (χ0n) is 19.3. The quantitative estimate of drug-likeness (QED) is 0.241. The fourth-order valence-electron chi connectivity index (χ4n) is 3.04. The van der Waals surface area contributed by atoms with Crippen LogP contribution in [0.2, 0.25) is 5.02 Å². The lowest BCUT2D eigenvalue weighted by atomic mass is 10.2. The van der Waals surface area contributed by atoms with Crippen LogP contribution in [0, 0.1) is 6.92 Å². The molecule has 0 heterocycles. The smallest absolute Gasteiger partial charge is 0.240 e. The fourth-order valence-corrected chi connectivity index (χ4v) is 3.81. The molecule has 9 heteroatoms. The predicted molar refractivity (Wildman–Crippen MR) is 141 cm³/mol. The third kappa shape index (κ3) is 8.12. The maximum absolute atomic E-state index is 12.1. The molecule has 0 unspecified atom stereocenters. The number of nitrogens with zero attached hydrogens (tertiary/aromatic N) is 1. The molecule has 0 fully saturated rings. The van der Waals surface area contributed by atoms with Crippen molar-refractivity contribution in [1.82, 2.24) is 5.43 Å². The van der Waals surface area contributed by atoms with Crippen molar-refractivity contribution in [1.29, 1.82) is 0 Å². The molecule has 0 saturated carbocycles. The van der Waals surface area contributed by atoms with Crippen LogP contribution >= 0.6 is 27.5 Å². The second-order valence-electron chi connectivity index (χ2n) is 7.62. The number of nitrogens with one attached hydrogen (secondary N) is 2. The number of anilines is 1. The van der Waals surface area contributed by atoms with Gasteiger partial charge in [0.15, 0.2) is 11.5 Å². The monoisotopic (exact) mass is 557 g/mol. The normalized spacial score (nSPS) is 10.7. The van der Waals surface area contributed by atoms with Crippen LogP contribution in [0.5, 0.6) is 11.5 Å². The molecule has 0 bridgehead atoms. The van der Waals surface area contributed by atoms with E-state index in [0.29, 0.717) is 32.2 Å². The Balaban J connectivity index is 1.52. The van der Waals surface area contributed by atoms with Crippen molar-refractivity contribution in [2.75, 3.05) is 12.4 Å². The third-order valence-corrected chi connectivity index (χ3v) is 5.86. The van der Waals surface area contributed by atoms with Crippen molar-refractivity contribution in [3.63, 3.8) is 0 Å². The summed E-state index contributed by atoms with van der Waals surface area (Å²) < 4.78 is 12.0. The van der Waals surface area contributed by atoms with E-state index in [1.54, 1.807) is 18.2 Å². The number of methoxy groups -OCH3 is 1. The van der Waals surface area contributed by atoms with Gasteiger partial charge in [0.1, 0.15) is 6.61 Å². The average Bonchev–Trinajstić information content (AvgIpc) is 2.84. The molecular weight excluding hydrogens is 534 g/mol. The lowest BCUT2D eigenvalue weighted by Gasteiger charge is -2.14. The lowest BCUT2D eigenvalue weighted by Crippen LogP contribution is -2.20. The number of halogens is 2. The summed E-state index contributed by atoms with van der Waals surface area (Å²) in [5, 5.41) is 7.35. The maximum Gasteiger partial charge on any atom is 0.240 e. The van der Waals surface area contributed by atoms with Crippen molar-refractivity contribution in [3.05, 3.63) is 86.8 Å². The minimum absolute atomic E-state index is 0.0108. The van der Waals surface area contributed by atoms with Gasteiger partial charge in [-0.2, -0.15) is 5.10 Å². The topological polar surface area (TPSA) is 89.0 Å². The zero-order chi connectivity index (χ0) is 25.2. The molecule has 0 radical (unpaired) electrons. The number of aryl methyl sites for hydroxylation is 1. The summed E-state index contributed by atoms with van der Waals surface area (Å²) in [7, 11) is 1.54. The first kappa shape index (κ1) is 26.2. The Bertz CT molecular complexity index is 1220. The summed E-state index contributed by atoms with van der Waals surface area (Å²) in [4.78, 5) is 24.1. The van der Waals surface area contributed by atoms with E-state index in [2.05, 4.69) is 31.8 Å². The standard InChI is InChI=1S/C26H25BrClN3O4/c1-17-7-9-20(10-8-17)30-24(32)11-12-25(33)31-29-15-18-13-21(27)26(23(14-18)34-2)35-16-19-5-3-4-6-22(19)28/h3-10,13-15H,11-12,16H2,1-2H3,(H,30,32)(H,31,33). The van der Waals surface area contributed by atoms with Crippen LogP contribution < -0.4 is 20.2 Å². The average molecular weight is 559 g/mol. The number of hydrogen-bond donors (Lipinski definition) is 2. The van der Waals surface area contributed by atoms with E-state index in [4.69, 9.17) is 21.1 Å². The molecule has 182 valence electrons. The van der Waals surface area contributed by atoms with Gasteiger partial charge in [0.2, 0.25) is 11.8 Å². The minimum atomic E-state index is -0.369. The van der Waals surface area contributed by atoms with E-state index in [9.17, 15) is 9.59 Å². The van der Waals surface area contributed by atoms with E-state index in [-0.39, 0.29) is 31.3 Å². The number of benzene rings is 3. The molecule has 7 nitrogen and oxygen atoms in total. The molecule has 3 aromatic rings. The highest BCUT2D eigenvalue weighted by atomic mass is 79.9. The van der Waals surface area contributed by atoms with Gasteiger partial charge in [0, 0.05) is 29.1 Å². The van der Waals surface area contributed by atoms with Crippen molar-refractivity contribution in [2.45, 2.75) is 26.4 Å². The van der Waals surface area contributed by atoms with Gasteiger partial charge in [-0.3, -0.25) is 9.59 Å². The van der Waals surface area contributed by atoms with Crippen LogP contribution in [-0.4, -0.2) is 25.1 Å². The Morgan fingerprint density at radius 2 is 1.77 bits per heavy atom. The van der Waals surface area contributed by atoms with Crippen LogP contribution in [-0.2, 0) is 16.2 Å². The minimum Gasteiger partial charge on any atom is -0.493 e. The number of hydrazone groups is 1. The van der Waals surface area contributed by atoms with Crippen LogP contribution in [0.4, 0.5) is 5.69 Å². The first-order valence-electron chi connectivity index (χ1n) is 10.8. The first-order valence-corrected chi connectivity index (χ1v) is 11.9. The Kier molecular flexibility index (Phi) is 9.69. The van der Waals surface area contributed by atoms with Gasteiger partial charge in [0.25, 0.3) is 0 Å². The molecular formula is C26H25BrClN3O4. The van der Waals surface area contributed by atoms with Crippen molar-refractivity contribution in [3.8, 4) is 11.5 Å². The second kappa shape index (κ2) is 12.9. The Labute approximate surface area is 217 Å². The zero-order valence-corrected chi connectivity index (χ0v) is 21.7. The number of ether oxygens (including phenoxy) is 2. The Morgan fingerprint density at radius 3 is 2.49 bits per heavy atom. The van der Waals surface area contributed by atoms with E-state index < -0.39 is 0 Å². The van der Waals surface area contributed by atoms with Crippen molar-refractivity contribution < 1.29 is 19.1 Å². The van der Waals surface area contributed by atoms with Gasteiger partial charge in [0.05, 0.1) is 17.8 Å². The highest BCUT2D eigenvalue weighted by Crippen LogP contribution is 2.37.